The average molecular weight is 380 g/mol. The van der Waals surface area contributed by atoms with Crippen LogP contribution in [0.3, 0.4) is 0 Å². The number of aromatic nitrogens is 4. The summed E-state index contributed by atoms with van der Waals surface area (Å²) < 4.78 is 0. The second-order valence-electron chi connectivity index (χ2n) is 5.95. The minimum Gasteiger partial charge on any atom is -0.323 e. The van der Waals surface area contributed by atoms with Crippen LogP contribution in [0, 0.1) is 0 Å². The summed E-state index contributed by atoms with van der Waals surface area (Å²) in [5.74, 6) is 0.233. The smallest absolute Gasteiger partial charge is 0.244 e. The number of H-pyrrole nitrogens is 1. The number of carbonyl (C=O) groups is 2. The number of fused-ring (bicyclic) bond motifs is 1. The van der Waals surface area contributed by atoms with Crippen molar-refractivity contribution >= 4 is 35.0 Å². The summed E-state index contributed by atoms with van der Waals surface area (Å²) in [6.45, 7) is 1.78. The molecule has 2 aromatic heterocycles. The maximum absolute atomic E-state index is 12.9. The fraction of sp³-hybridized carbons (Fsp3) is 0.167. The van der Waals surface area contributed by atoms with Gasteiger partial charge < -0.3 is 5.32 Å². The first kappa shape index (κ1) is 17.2. The zero-order valence-electron chi connectivity index (χ0n) is 14.4. The Bertz CT molecular complexity index is 990. The monoisotopic (exact) mass is 380 g/mol. The largest absolute Gasteiger partial charge is 0.323 e. The van der Waals surface area contributed by atoms with Gasteiger partial charge in [0.25, 0.3) is 0 Å². The highest BCUT2D eigenvalue weighted by Crippen LogP contribution is 2.31. The van der Waals surface area contributed by atoms with E-state index in [1.807, 2.05) is 30.3 Å². The number of amides is 2. The van der Waals surface area contributed by atoms with Crippen LogP contribution in [-0.4, -0.2) is 43.8 Å². The first-order valence-electron chi connectivity index (χ1n) is 8.31. The maximum Gasteiger partial charge on any atom is 0.244 e. The Kier molecular flexibility index (Phi) is 4.59. The summed E-state index contributed by atoms with van der Waals surface area (Å²) in [5, 5.41) is 9.84. The van der Waals surface area contributed by atoms with E-state index < -0.39 is 5.25 Å². The molecule has 1 aromatic carbocycles. The van der Waals surface area contributed by atoms with Crippen LogP contribution in [0.1, 0.15) is 6.92 Å². The van der Waals surface area contributed by atoms with Crippen LogP contribution in [-0.2, 0) is 9.59 Å². The molecule has 1 aliphatic heterocycles. The summed E-state index contributed by atoms with van der Waals surface area (Å²) in [6.07, 6.45) is 3.35. The zero-order chi connectivity index (χ0) is 18.8. The highest BCUT2D eigenvalue weighted by atomic mass is 32.2. The first-order valence-corrected chi connectivity index (χ1v) is 9.19. The molecule has 2 amide bonds. The van der Waals surface area contributed by atoms with Crippen LogP contribution in [0.4, 0.5) is 11.4 Å². The number of para-hydroxylation sites is 2. The van der Waals surface area contributed by atoms with Gasteiger partial charge >= 0.3 is 0 Å². The van der Waals surface area contributed by atoms with Gasteiger partial charge in [0.15, 0.2) is 5.82 Å². The van der Waals surface area contributed by atoms with Crippen LogP contribution in [0.2, 0.25) is 0 Å². The van der Waals surface area contributed by atoms with Gasteiger partial charge in [-0.1, -0.05) is 23.9 Å². The van der Waals surface area contributed by atoms with Gasteiger partial charge in [0.1, 0.15) is 6.54 Å². The molecular weight excluding hydrogens is 364 g/mol. The quantitative estimate of drug-likeness (QED) is 0.673. The van der Waals surface area contributed by atoms with E-state index in [1.54, 1.807) is 25.4 Å². The number of anilines is 2. The van der Waals surface area contributed by atoms with Crippen molar-refractivity contribution in [2.45, 2.75) is 17.3 Å². The molecule has 0 saturated carbocycles. The van der Waals surface area contributed by atoms with E-state index in [1.165, 1.54) is 16.7 Å². The Morgan fingerprint density at radius 3 is 2.81 bits per heavy atom. The Labute approximate surface area is 159 Å². The van der Waals surface area contributed by atoms with E-state index in [4.69, 9.17) is 0 Å². The zero-order valence-corrected chi connectivity index (χ0v) is 15.2. The highest BCUT2D eigenvalue weighted by Gasteiger charge is 2.30. The van der Waals surface area contributed by atoms with E-state index in [9.17, 15) is 9.59 Å². The number of hydrogen-bond acceptors (Lipinski definition) is 6. The Hall–Kier alpha value is -3.20. The molecule has 0 aliphatic carbocycles. The van der Waals surface area contributed by atoms with Gasteiger partial charge in [-0.2, -0.15) is 0 Å². The fourth-order valence-electron chi connectivity index (χ4n) is 2.80. The van der Waals surface area contributed by atoms with Crippen LogP contribution in [0.25, 0.3) is 11.4 Å². The summed E-state index contributed by atoms with van der Waals surface area (Å²) in [7, 11) is 0. The molecule has 0 fully saturated rings. The average Bonchev–Trinajstić information content (AvgIpc) is 3.16. The van der Waals surface area contributed by atoms with E-state index in [0.717, 1.165) is 5.56 Å². The predicted molar refractivity (Wildman–Crippen MR) is 102 cm³/mol. The van der Waals surface area contributed by atoms with Crippen molar-refractivity contribution in [3.8, 4) is 11.4 Å². The number of rotatable bonds is 4. The number of benzene rings is 1. The van der Waals surface area contributed by atoms with Crippen molar-refractivity contribution in [3.63, 3.8) is 0 Å². The predicted octanol–water partition coefficient (Wildman–Crippen LogP) is 2.33. The van der Waals surface area contributed by atoms with Gasteiger partial charge in [-0.05, 0) is 31.2 Å². The molecule has 0 unspecified atom stereocenters. The van der Waals surface area contributed by atoms with Gasteiger partial charge in [0, 0.05) is 18.0 Å². The molecule has 0 saturated heterocycles. The standard InChI is InChI=1S/C18H16N6O2S/c1-11(27-18-21-16(22-23-18)12-6-8-19-9-7-12)17(26)24-10-15(25)20-13-4-2-3-5-14(13)24/h2-9,11H,10H2,1H3,(H,20,25)(H,21,22,23)/t11-/m1/s1. The molecular formula is C18H16N6O2S. The number of nitrogens with zero attached hydrogens (tertiary/aromatic N) is 4. The maximum atomic E-state index is 12.9. The van der Waals surface area contributed by atoms with Crippen molar-refractivity contribution in [2.75, 3.05) is 16.8 Å². The van der Waals surface area contributed by atoms with Gasteiger partial charge in [-0.25, -0.2) is 4.98 Å². The summed E-state index contributed by atoms with van der Waals surface area (Å²) in [5.41, 5.74) is 2.20. The molecule has 136 valence electrons. The number of thioether (sulfide) groups is 1. The normalized spacial score (nSPS) is 14.4. The molecule has 1 atom stereocenters. The third-order valence-corrected chi connectivity index (χ3v) is 5.03. The lowest BCUT2D eigenvalue weighted by Crippen LogP contribution is -2.45. The van der Waals surface area contributed by atoms with E-state index in [2.05, 4.69) is 25.5 Å². The van der Waals surface area contributed by atoms with Gasteiger partial charge in [-0.15, -0.1) is 5.10 Å². The fourth-order valence-corrected chi connectivity index (χ4v) is 3.58. The molecule has 0 bridgehead atoms. The first-order chi connectivity index (χ1) is 13.1. The van der Waals surface area contributed by atoms with E-state index in [0.29, 0.717) is 22.4 Å². The molecule has 0 radical (unpaired) electrons. The number of hydrogen-bond donors (Lipinski definition) is 2. The summed E-state index contributed by atoms with van der Waals surface area (Å²) in [6, 6.07) is 10.9. The Balaban J connectivity index is 1.51. The molecule has 2 N–H and O–H groups in total. The SMILES string of the molecule is C[C@@H](Sc1n[nH]c(-c2ccncc2)n1)C(=O)N1CC(=O)Nc2ccccc21. The Morgan fingerprint density at radius 2 is 2.00 bits per heavy atom. The third kappa shape index (κ3) is 3.54. The van der Waals surface area contributed by atoms with Crippen molar-refractivity contribution < 1.29 is 9.59 Å². The highest BCUT2D eigenvalue weighted by molar-refractivity contribution is 8.00. The van der Waals surface area contributed by atoms with E-state index >= 15 is 0 Å². The molecule has 9 heteroatoms. The topological polar surface area (TPSA) is 104 Å². The number of carbonyl (C=O) groups excluding carboxylic acids is 2. The van der Waals surface area contributed by atoms with Gasteiger partial charge in [0.05, 0.1) is 16.6 Å². The number of pyridine rings is 1. The molecule has 0 spiro atoms. The number of aromatic amines is 1. The lowest BCUT2D eigenvalue weighted by Gasteiger charge is -2.30. The second kappa shape index (κ2) is 7.20. The van der Waals surface area contributed by atoms with Crippen molar-refractivity contribution in [1.29, 1.82) is 0 Å². The van der Waals surface area contributed by atoms with Gasteiger partial charge in [-0.3, -0.25) is 24.6 Å². The number of nitrogens with one attached hydrogen (secondary N) is 2. The van der Waals surface area contributed by atoms with Crippen LogP contribution < -0.4 is 10.2 Å². The molecule has 3 aromatic rings. The van der Waals surface area contributed by atoms with Crippen molar-refractivity contribution in [2.24, 2.45) is 0 Å². The second-order valence-corrected chi connectivity index (χ2v) is 7.26. The molecule has 27 heavy (non-hydrogen) atoms. The van der Waals surface area contributed by atoms with Gasteiger partial charge in [0.2, 0.25) is 17.0 Å². The third-order valence-electron chi connectivity index (χ3n) is 4.09. The van der Waals surface area contributed by atoms with Crippen molar-refractivity contribution in [1.82, 2.24) is 20.2 Å². The lowest BCUT2D eigenvalue weighted by atomic mass is 10.2. The minimum atomic E-state index is -0.454. The summed E-state index contributed by atoms with van der Waals surface area (Å²) in [4.78, 5) is 34.8. The van der Waals surface area contributed by atoms with Crippen molar-refractivity contribution in [3.05, 3.63) is 48.8 Å². The minimum absolute atomic E-state index is 0.00297. The Morgan fingerprint density at radius 1 is 1.22 bits per heavy atom. The van der Waals surface area contributed by atoms with Crippen LogP contribution in [0.15, 0.2) is 53.9 Å². The van der Waals surface area contributed by atoms with Crippen LogP contribution >= 0.6 is 11.8 Å². The van der Waals surface area contributed by atoms with Crippen LogP contribution in [0.5, 0.6) is 0 Å². The summed E-state index contributed by atoms with van der Waals surface area (Å²) >= 11 is 1.24. The molecule has 3 heterocycles. The van der Waals surface area contributed by atoms with E-state index in [-0.39, 0.29) is 18.4 Å². The molecule has 1 aliphatic rings. The molecule has 4 rings (SSSR count). The molecule has 8 nitrogen and oxygen atoms in total. The lowest BCUT2D eigenvalue weighted by molar-refractivity contribution is -0.121.